The molecule has 0 saturated carbocycles. The zero-order valence-electron chi connectivity index (χ0n) is 52.2. The quantitative estimate of drug-likeness (QED) is 0.0222. The molecule has 2 unspecified atom stereocenters. The van der Waals surface area contributed by atoms with Crippen LogP contribution >= 0.6 is 15.6 Å². The minimum atomic E-state index is -4.94. The highest BCUT2D eigenvalue weighted by Gasteiger charge is 2.30. The third kappa shape index (κ3) is 56.9. The summed E-state index contributed by atoms with van der Waals surface area (Å²) in [6.07, 6.45) is 33.7. The molecule has 0 aliphatic heterocycles. The van der Waals surface area contributed by atoms with E-state index in [1.807, 2.05) is 0 Å². The van der Waals surface area contributed by atoms with Gasteiger partial charge in [-0.25, -0.2) is 9.13 Å². The summed E-state index contributed by atoms with van der Waals surface area (Å²) in [7, 11) is -9.88. The molecule has 17 nitrogen and oxygen atoms in total. The van der Waals surface area contributed by atoms with Gasteiger partial charge in [0, 0.05) is 25.7 Å². The molecular formula is C62H120O17P2. The molecule has 0 spiro atoms. The van der Waals surface area contributed by atoms with Crippen molar-refractivity contribution in [3.63, 3.8) is 0 Å². The maximum Gasteiger partial charge on any atom is 0.472 e. The van der Waals surface area contributed by atoms with Crippen molar-refractivity contribution >= 4 is 39.5 Å². The Bertz CT molecular complexity index is 1610. The number of hydrogen-bond donors (Lipinski definition) is 3. The number of unbranched alkanes of at least 4 members (excludes halogenated alkanes) is 28. The summed E-state index contributed by atoms with van der Waals surface area (Å²) < 4.78 is 67.8. The smallest absolute Gasteiger partial charge is 0.462 e. The normalized spacial score (nSPS) is 14.4. The van der Waals surface area contributed by atoms with Gasteiger partial charge >= 0.3 is 39.5 Å². The highest BCUT2D eigenvalue weighted by Crippen LogP contribution is 2.45. The Balaban J connectivity index is 5.24. The fourth-order valence-corrected chi connectivity index (χ4v) is 10.7. The molecule has 0 fully saturated rings. The summed E-state index contributed by atoms with van der Waals surface area (Å²) in [5, 5.41) is 10.5. The number of carbonyl (C=O) groups is 4. The summed E-state index contributed by atoms with van der Waals surface area (Å²) in [6, 6.07) is 0. The molecule has 0 aromatic carbocycles. The van der Waals surface area contributed by atoms with Crippen LogP contribution in [-0.2, 0) is 65.4 Å². The Hall–Kier alpha value is -1.94. The molecule has 480 valence electrons. The van der Waals surface area contributed by atoms with E-state index >= 15 is 0 Å². The van der Waals surface area contributed by atoms with Crippen LogP contribution in [0.5, 0.6) is 0 Å². The number of carbonyl (C=O) groups excluding carboxylic acids is 4. The van der Waals surface area contributed by atoms with Crippen molar-refractivity contribution in [1.82, 2.24) is 0 Å². The fourth-order valence-electron chi connectivity index (χ4n) is 9.13. The number of aliphatic hydroxyl groups is 1. The van der Waals surface area contributed by atoms with E-state index in [0.717, 1.165) is 102 Å². The van der Waals surface area contributed by atoms with Gasteiger partial charge in [-0.05, 0) is 43.4 Å². The first kappa shape index (κ1) is 79.1. The number of phosphoric acid groups is 2. The molecule has 0 bridgehead atoms. The van der Waals surface area contributed by atoms with E-state index in [0.29, 0.717) is 31.6 Å². The number of phosphoric ester groups is 2. The molecule has 3 N–H and O–H groups in total. The lowest BCUT2D eigenvalue weighted by Gasteiger charge is -2.21. The first-order valence-corrected chi connectivity index (χ1v) is 35.3. The van der Waals surface area contributed by atoms with Crippen LogP contribution in [0.15, 0.2) is 0 Å². The van der Waals surface area contributed by atoms with Crippen LogP contribution < -0.4 is 0 Å². The van der Waals surface area contributed by atoms with Gasteiger partial charge in [-0.3, -0.25) is 37.3 Å². The van der Waals surface area contributed by atoms with Crippen LogP contribution in [0.4, 0.5) is 0 Å². The Labute approximate surface area is 492 Å². The Morgan fingerprint density at radius 2 is 0.568 bits per heavy atom. The second kappa shape index (κ2) is 53.5. The standard InChI is InChI=1S/C62H120O17P2/c1-8-9-10-11-12-14-21-29-36-43-59(64)72-50-58(79-62(67)46-39-32-25-24-28-35-42-55(6)7)52-77-81(70,71)75-48-56(63)47-74-80(68,69)76-51-57(49-73-60(65)44-37-30-22-18-17-20-27-34-41-54(4)5)78-61(66)45-38-31-23-16-13-15-19-26-33-40-53(2)3/h53-58,63H,8-52H2,1-7H3,(H,68,69)(H,70,71)/t56-,57-,58-/m1/s1. The van der Waals surface area contributed by atoms with E-state index in [2.05, 4.69) is 48.5 Å². The molecule has 0 aromatic rings. The van der Waals surface area contributed by atoms with Crippen LogP contribution in [-0.4, -0.2) is 96.7 Å². The van der Waals surface area contributed by atoms with Gasteiger partial charge in [0.05, 0.1) is 26.4 Å². The SMILES string of the molecule is CCCCCCCCCCCC(=O)OC[C@H](COP(=O)(O)OC[C@H](O)COP(=O)(O)OC[C@@H](COC(=O)CCCCCCCCCCC(C)C)OC(=O)CCCCCCCCCCCC(C)C)OC(=O)CCCCCCCCC(C)C. The van der Waals surface area contributed by atoms with Crippen molar-refractivity contribution in [2.45, 2.75) is 317 Å². The average Bonchev–Trinajstić information content (AvgIpc) is 3.41. The van der Waals surface area contributed by atoms with Gasteiger partial charge in [0.15, 0.2) is 12.2 Å². The number of aliphatic hydroxyl groups excluding tert-OH is 1. The average molecular weight is 1200 g/mol. The Morgan fingerprint density at radius 1 is 0.333 bits per heavy atom. The van der Waals surface area contributed by atoms with Crippen molar-refractivity contribution < 1.29 is 80.2 Å². The maximum absolute atomic E-state index is 13.0. The van der Waals surface area contributed by atoms with Gasteiger partial charge in [0.1, 0.15) is 19.3 Å². The Morgan fingerprint density at radius 3 is 0.840 bits per heavy atom. The van der Waals surface area contributed by atoms with Crippen molar-refractivity contribution in [3.05, 3.63) is 0 Å². The first-order chi connectivity index (χ1) is 38.7. The molecule has 0 aliphatic rings. The zero-order valence-corrected chi connectivity index (χ0v) is 54.0. The van der Waals surface area contributed by atoms with Crippen LogP contribution in [0.2, 0.25) is 0 Å². The summed E-state index contributed by atoms with van der Waals surface area (Å²) in [4.78, 5) is 72.0. The summed E-state index contributed by atoms with van der Waals surface area (Å²) in [5.74, 6) is -0.0120. The van der Waals surface area contributed by atoms with Crippen molar-refractivity contribution in [3.8, 4) is 0 Å². The van der Waals surface area contributed by atoms with E-state index < -0.39 is 97.5 Å². The molecule has 5 atom stereocenters. The molecule has 0 amide bonds. The van der Waals surface area contributed by atoms with Gasteiger partial charge in [-0.15, -0.1) is 0 Å². The minimum absolute atomic E-state index is 0.102. The molecule has 0 radical (unpaired) electrons. The van der Waals surface area contributed by atoms with Gasteiger partial charge in [0.2, 0.25) is 0 Å². The van der Waals surface area contributed by atoms with E-state index in [4.69, 9.17) is 37.0 Å². The van der Waals surface area contributed by atoms with Crippen molar-refractivity contribution in [2.24, 2.45) is 17.8 Å². The largest absolute Gasteiger partial charge is 0.472 e. The third-order valence-electron chi connectivity index (χ3n) is 14.1. The lowest BCUT2D eigenvalue weighted by atomic mass is 10.0. The van der Waals surface area contributed by atoms with Gasteiger partial charge in [0.25, 0.3) is 0 Å². The van der Waals surface area contributed by atoms with E-state index in [1.54, 1.807) is 0 Å². The van der Waals surface area contributed by atoms with Gasteiger partial charge in [-0.2, -0.15) is 0 Å². The second-order valence-corrected chi connectivity index (χ2v) is 26.8. The minimum Gasteiger partial charge on any atom is -0.462 e. The van der Waals surface area contributed by atoms with E-state index in [-0.39, 0.29) is 25.7 Å². The topological polar surface area (TPSA) is 237 Å². The van der Waals surface area contributed by atoms with Crippen LogP contribution in [0.1, 0.15) is 299 Å². The number of esters is 4. The van der Waals surface area contributed by atoms with E-state index in [1.165, 1.54) is 109 Å². The fraction of sp³-hybridized carbons (Fsp3) is 0.935. The maximum atomic E-state index is 13.0. The second-order valence-electron chi connectivity index (χ2n) is 23.9. The first-order valence-electron chi connectivity index (χ1n) is 32.3. The molecule has 19 heteroatoms. The van der Waals surface area contributed by atoms with Gasteiger partial charge in [-0.1, -0.05) is 248 Å². The summed E-state index contributed by atoms with van der Waals surface area (Å²) in [6.45, 7) is 11.6. The summed E-state index contributed by atoms with van der Waals surface area (Å²) in [5.41, 5.74) is 0. The molecule has 0 aromatic heterocycles. The monoisotopic (exact) mass is 1200 g/mol. The molecular weight excluding hydrogens is 1080 g/mol. The predicted octanol–water partition coefficient (Wildman–Crippen LogP) is 16.7. The number of ether oxygens (including phenoxy) is 4. The predicted molar refractivity (Wildman–Crippen MR) is 321 cm³/mol. The highest BCUT2D eigenvalue weighted by atomic mass is 31.2. The molecule has 0 saturated heterocycles. The summed E-state index contributed by atoms with van der Waals surface area (Å²) >= 11 is 0. The molecule has 0 heterocycles. The van der Waals surface area contributed by atoms with Crippen LogP contribution in [0.3, 0.4) is 0 Å². The van der Waals surface area contributed by atoms with Crippen molar-refractivity contribution in [1.29, 1.82) is 0 Å². The molecule has 0 aliphatic carbocycles. The third-order valence-corrected chi connectivity index (χ3v) is 16.0. The number of rotatable bonds is 60. The molecule has 81 heavy (non-hydrogen) atoms. The lowest BCUT2D eigenvalue weighted by Crippen LogP contribution is -2.30. The van der Waals surface area contributed by atoms with Crippen LogP contribution in [0.25, 0.3) is 0 Å². The number of hydrogen-bond acceptors (Lipinski definition) is 15. The Kier molecular flexibility index (Phi) is 52.2. The lowest BCUT2D eigenvalue weighted by molar-refractivity contribution is -0.161. The molecule has 0 rings (SSSR count). The highest BCUT2D eigenvalue weighted by molar-refractivity contribution is 7.47. The van der Waals surface area contributed by atoms with Crippen molar-refractivity contribution in [2.75, 3.05) is 39.6 Å². The van der Waals surface area contributed by atoms with Crippen LogP contribution in [0, 0.1) is 17.8 Å². The zero-order chi connectivity index (χ0) is 60.3. The van der Waals surface area contributed by atoms with Gasteiger partial charge < -0.3 is 33.8 Å². The van der Waals surface area contributed by atoms with E-state index in [9.17, 15) is 43.2 Å².